The average Bonchev–Trinajstić information content (AvgIpc) is 2.95. The van der Waals surface area contributed by atoms with E-state index in [9.17, 15) is 0 Å². The number of ether oxygens (including phenoxy) is 1. The quantitative estimate of drug-likeness (QED) is 0.858. The molecule has 1 N–H and O–H groups in total. The van der Waals surface area contributed by atoms with Crippen LogP contribution in [0.5, 0.6) is 5.75 Å². The second-order valence-corrected chi connectivity index (χ2v) is 4.75. The van der Waals surface area contributed by atoms with Crippen LogP contribution in [0.15, 0.2) is 30.6 Å². The number of hydrogen-bond donors (Lipinski definition) is 1. The monoisotopic (exact) mass is 284 g/mol. The molecule has 2 aromatic rings. The molecule has 0 radical (unpaired) electrons. The summed E-state index contributed by atoms with van der Waals surface area (Å²) in [5, 5.41) is 12.9. The summed E-state index contributed by atoms with van der Waals surface area (Å²) in [4.78, 5) is 0. The summed E-state index contributed by atoms with van der Waals surface area (Å²) < 4.78 is 7.70. The molecule has 0 atom stereocenters. The third-order valence-corrected chi connectivity index (χ3v) is 3.05. The van der Waals surface area contributed by atoms with E-state index in [2.05, 4.69) is 23.9 Å². The van der Waals surface area contributed by atoms with Gasteiger partial charge in [0.15, 0.2) is 0 Å². The van der Waals surface area contributed by atoms with Crippen LogP contribution in [0.4, 0.5) is 0 Å². The van der Waals surface area contributed by atoms with E-state index in [1.807, 2.05) is 42.2 Å². The first-order valence-corrected chi connectivity index (χ1v) is 7.07. The fraction of sp³-hybridized carbons (Fsp3) is 0.353. The summed E-state index contributed by atoms with van der Waals surface area (Å²) in [5.74, 6) is 6.79. The molecule has 0 aliphatic carbocycles. The van der Waals surface area contributed by atoms with Crippen molar-refractivity contribution in [3.8, 4) is 17.6 Å². The fourth-order valence-corrected chi connectivity index (χ4v) is 1.92. The lowest BCUT2D eigenvalue weighted by Crippen LogP contribution is -1.97. The Bertz CT molecular complexity index is 650. The molecule has 1 aromatic heterocycles. The van der Waals surface area contributed by atoms with Gasteiger partial charge in [0.05, 0.1) is 12.8 Å². The Morgan fingerprint density at radius 3 is 2.90 bits per heavy atom. The molecular weight excluding hydrogens is 264 g/mol. The first-order valence-electron chi connectivity index (χ1n) is 7.07. The van der Waals surface area contributed by atoms with Crippen molar-refractivity contribution >= 4 is 0 Å². The summed E-state index contributed by atoms with van der Waals surface area (Å²) in [6.45, 7) is 5.52. The highest BCUT2D eigenvalue weighted by atomic mass is 16.5. The Kier molecular flexibility index (Phi) is 5.42. The highest BCUT2D eigenvalue weighted by molar-refractivity contribution is 5.43. The topological polar surface area (TPSA) is 47.3 Å². The lowest BCUT2D eigenvalue weighted by atomic mass is 10.1. The van der Waals surface area contributed by atoms with E-state index in [0.29, 0.717) is 13.0 Å². The molecule has 0 fully saturated rings. The highest BCUT2D eigenvalue weighted by Gasteiger charge is 2.03. The van der Waals surface area contributed by atoms with Gasteiger partial charge in [0, 0.05) is 30.3 Å². The maximum atomic E-state index is 8.71. The Labute approximate surface area is 125 Å². The van der Waals surface area contributed by atoms with Gasteiger partial charge in [-0.25, -0.2) is 0 Å². The Hall–Kier alpha value is -2.25. The van der Waals surface area contributed by atoms with E-state index in [1.54, 1.807) is 0 Å². The summed E-state index contributed by atoms with van der Waals surface area (Å²) >= 11 is 0. The van der Waals surface area contributed by atoms with Crippen LogP contribution < -0.4 is 4.74 Å². The number of nitrogens with zero attached hydrogens (tertiary/aromatic N) is 2. The molecule has 21 heavy (non-hydrogen) atoms. The number of rotatable bonds is 5. The van der Waals surface area contributed by atoms with E-state index in [0.717, 1.165) is 29.0 Å². The Balaban J connectivity index is 1.99. The molecule has 0 unspecified atom stereocenters. The zero-order chi connectivity index (χ0) is 15.1. The van der Waals surface area contributed by atoms with Crippen molar-refractivity contribution < 1.29 is 9.84 Å². The van der Waals surface area contributed by atoms with Gasteiger partial charge in [-0.3, -0.25) is 4.68 Å². The zero-order valence-corrected chi connectivity index (χ0v) is 12.5. The number of hydrogen-bond acceptors (Lipinski definition) is 3. The minimum absolute atomic E-state index is 0.0959. The average molecular weight is 284 g/mol. The predicted molar refractivity (Wildman–Crippen MR) is 82.0 cm³/mol. The third kappa shape index (κ3) is 4.37. The van der Waals surface area contributed by atoms with Crippen LogP contribution >= 0.6 is 0 Å². The number of benzene rings is 1. The second kappa shape index (κ2) is 7.51. The van der Waals surface area contributed by atoms with E-state index in [-0.39, 0.29) is 6.61 Å². The van der Waals surface area contributed by atoms with Crippen molar-refractivity contribution in [1.82, 2.24) is 9.78 Å². The van der Waals surface area contributed by atoms with Gasteiger partial charge in [0.1, 0.15) is 12.4 Å². The van der Waals surface area contributed by atoms with E-state index in [1.165, 1.54) is 0 Å². The minimum atomic E-state index is 0.0959. The molecule has 0 saturated heterocycles. The third-order valence-electron chi connectivity index (χ3n) is 3.05. The molecule has 4 heteroatoms. The van der Waals surface area contributed by atoms with Crippen LogP contribution in [-0.4, -0.2) is 21.5 Å². The molecule has 0 aliphatic heterocycles. The van der Waals surface area contributed by atoms with Crippen molar-refractivity contribution in [3.05, 3.63) is 47.3 Å². The molecule has 110 valence electrons. The first-order chi connectivity index (χ1) is 10.2. The van der Waals surface area contributed by atoms with Gasteiger partial charge in [-0.15, -0.1) is 0 Å². The predicted octanol–water partition coefficient (Wildman–Crippen LogP) is 2.52. The SMILES string of the molecule is CCn1cc(COc2ccc(C#CCCO)cc2C)cn1. The highest BCUT2D eigenvalue weighted by Crippen LogP contribution is 2.20. The van der Waals surface area contributed by atoms with Gasteiger partial charge in [-0.2, -0.15) is 5.10 Å². The summed E-state index contributed by atoms with van der Waals surface area (Å²) in [6.07, 6.45) is 4.32. The second-order valence-electron chi connectivity index (χ2n) is 4.75. The number of aliphatic hydroxyl groups is 1. The van der Waals surface area contributed by atoms with Crippen LogP contribution in [0.25, 0.3) is 0 Å². The number of aliphatic hydroxyl groups excluding tert-OH is 1. The van der Waals surface area contributed by atoms with Crippen LogP contribution in [-0.2, 0) is 13.2 Å². The summed E-state index contributed by atoms with van der Waals surface area (Å²) in [7, 11) is 0. The summed E-state index contributed by atoms with van der Waals surface area (Å²) in [6, 6.07) is 5.86. The molecule has 1 aromatic carbocycles. The smallest absolute Gasteiger partial charge is 0.122 e. The molecule has 4 nitrogen and oxygen atoms in total. The van der Waals surface area contributed by atoms with Crippen molar-refractivity contribution in [1.29, 1.82) is 0 Å². The molecule has 0 aliphatic rings. The minimum Gasteiger partial charge on any atom is -0.489 e. The fourth-order valence-electron chi connectivity index (χ4n) is 1.92. The van der Waals surface area contributed by atoms with Gasteiger partial charge >= 0.3 is 0 Å². The Morgan fingerprint density at radius 2 is 2.24 bits per heavy atom. The number of aryl methyl sites for hydroxylation is 2. The molecule has 0 saturated carbocycles. The van der Waals surface area contributed by atoms with Crippen molar-refractivity contribution in [2.75, 3.05) is 6.61 Å². The molecular formula is C17H20N2O2. The van der Waals surface area contributed by atoms with Gasteiger partial charge in [0.25, 0.3) is 0 Å². The largest absolute Gasteiger partial charge is 0.489 e. The first kappa shape index (κ1) is 15.1. The van der Waals surface area contributed by atoms with E-state index in [4.69, 9.17) is 9.84 Å². The van der Waals surface area contributed by atoms with Crippen LogP contribution in [0, 0.1) is 18.8 Å². The van der Waals surface area contributed by atoms with Crippen molar-refractivity contribution in [2.24, 2.45) is 0 Å². The van der Waals surface area contributed by atoms with Crippen LogP contribution in [0.2, 0.25) is 0 Å². The van der Waals surface area contributed by atoms with Gasteiger partial charge in [-0.1, -0.05) is 11.8 Å². The van der Waals surface area contributed by atoms with Gasteiger partial charge < -0.3 is 9.84 Å². The van der Waals surface area contributed by atoms with Crippen LogP contribution in [0.1, 0.15) is 30.0 Å². The maximum Gasteiger partial charge on any atom is 0.122 e. The Morgan fingerprint density at radius 1 is 1.38 bits per heavy atom. The van der Waals surface area contributed by atoms with Gasteiger partial charge in [0.2, 0.25) is 0 Å². The lowest BCUT2D eigenvalue weighted by Gasteiger charge is -2.08. The van der Waals surface area contributed by atoms with Gasteiger partial charge in [-0.05, 0) is 37.6 Å². The van der Waals surface area contributed by atoms with E-state index < -0.39 is 0 Å². The standard InChI is InChI=1S/C17H20N2O2/c1-3-19-12-16(11-18-19)13-21-17-8-7-15(10-14(17)2)6-4-5-9-20/h7-8,10-12,20H,3,5,9,13H2,1-2H3. The van der Waals surface area contributed by atoms with Crippen LogP contribution in [0.3, 0.4) is 0 Å². The molecule has 0 spiro atoms. The molecule has 0 bridgehead atoms. The van der Waals surface area contributed by atoms with Crippen molar-refractivity contribution in [3.63, 3.8) is 0 Å². The molecule has 1 heterocycles. The number of aromatic nitrogens is 2. The van der Waals surface area contributed by atoms with Crippen molar-refractivity contribution in [2.45, 2.75) is 33.4 Å². The molecule has 0 amide bonds. The maximum absolute atomic E-state index is 8.71. The lowest BCUT2D eigenvalue weighted by molar-refractivity contribution is 0.304. The normalized spacial score (nSPS) is 10.0. The summed E-state index contributed by atoms with van der Waals surface area (Å²) in [5.41, 5.74) is 3.05. The van der Waals surface area contributed by atoms with E-state index >= 15 is 0 Å². The molecule has 2 rings (SSSR count). The zero-order valence-electron chi connectivity index (χ0n) is 12.5.